The summed E-state index contributed by atoms with van der Waals surface area (Å²) in [5, 5.41) is 3.73. The Hall–Kier alpha value is -1.16. The van der Waals surface area contributed by atoms with Gasteiger partial charge in [-0.3, -0.25) is 4.79 Å². The van der Waals surface area contributed by atoms with Crippen LogP contribution in [0.25, 0.3) is 0 Å². The van der Waals surface area contributed by atoms with Crippen molar-refractivity contribution in [3.05, 3.63) is 29.3 Å². The van der Waals surface area contributed by atoms with Crippen molar-refractivity contribution in [2.45, 2.75) is 44.4 Å². The summed E-state index contributed by atoms with van der Waals surface area (Å²) in [5.41, 5.74) is 8.06. The summed E-state index contributed by atoms with van der Waals surface area (Å²) in [4.78, 5) is 12.4. The van der Waals surface area contributed by atoms with Crippen molar-refractivity contribution < 1.29 is 4.79 Å². The lowest BCUT2D eigenvalue weighted by Gasteiger charge is -2.21. The molecule has 0 radical (unpaired) electrons. The lowest BCUT2D eigenvalue weighted by molar-refractivity contribution is 0.0939. The van der Waals surface area contributed by atoms with Crippen LogP contribution in [0.15, 0.2) is 18.2 Å². The van der Waals surface area contributed by atoms with E-state index in [9.17, 15) is 4.79 Å². The molecule has 1 fully saturated rings. The largest absolute Gasteiger partial charge is 0.398 e. The van der Waals surface area contributed by atoms with Gasteiger partial charge in [0.25, 0.3) is 5.91 Å². The van der Waals surface area contributed by atoms with Crippen LogP contribution in [-0.2, 0) is 0 Å². The number of nitrogens with one attached hydrogen (secondary N) is 1. The minimum absolute atomic E-state index is 0.0239. The highest BCUT2D eigenvalue weighted by atomic mass is 32.2. The van der Waals surface area contributed by atoms with Crippen LogP contribution in [0.1, 0.15) is 42.1 Å². The summed E-state index contributed by atoms with van der Waals surface area (Å²) >= 11 is 1.95. The summed E-state index contributed by atoms with van der Waals surface area (Å²) in [6.07, 6.45) is 3.48. The molecule has 1 aliphatic carbocycles. The van der Waals surface area contributed by atoms with Gasteiger partial charge in [0, 0.05) is 17.0 Å². The van der Waals surface area contributed by atoms with E-state index in [1.807, 2.05) is 30.8 Å². The number of benzene rings is 1. The molecule has 2 atom stereocenters. The van der Waals surface area contributed by atoms with Crippen molar-refractivity contribution in [1.82, 2.24) is 5.32 Å². The number of hydrogen-bond acceptors (Lipinski definition) is 3. The Labute approximate surface area is 119 Å². The number of nitrogens with two attached hydrogens (primary N) is 1. The van der Waals surface area contributed by atoms with Crippen molar-refractivity contribution >= 4 is 23.4 Å². The molecule has 19 heavy (non-hydrogen) atoms. The summed E-state index contributed by atoms with van der Waals surface area (Å²) < 4.78 is 0. The number of carbonyl (C=O) groups is 1. The van der Waals surface area contributed by atoms with E-state index in [0.717, 1.165) is 17.7 Å². The first-order valence-corrected chi connectivity index (χ1v) is 7.96. The Morgan fingerprint density at radius 3 is 2.95 bits per heavy atom. The third kappa shape index (κ3) is 3.24. The van der Waals surface area contributed by atoms with Crippen LogP contribution in [0.4, 0.5) is 5.69 Å². The first kappa shape index (κ1) is 14.3. The number of thioether (sulfide) groups is 1. The zero-order chi connectivity index (χ0) is 13.8. The molecule has 0 spiro atoms. The van der Waals surface area contributed by atoms with Gasteiger partial charge in [0.2, 0.25) is 0 Å². The maximum absolute atomic E-state index is 12.4. The monoisotopic (exact) mass is 278 g/mol. The van der Waals surface area contributed by atoms with Crippen LogP contribution < -0.4 is 11.1 Å². The standard InChI is InChI=1S/C15H22N2OS/c1-3-19-13-9-5-8-12(13)17-15(18)14-10(2)6-4-7-11(14)16/h4,6-7,12-13H,3,5,8-9,16H2,1-2H3,(H,17,18). The van der Waals surface area contributed by atoms with Crippen molar-refractivity contribution in [2.75, 3.05) is 11.5 Å². The summed E-state index contributed by atoms with van der Waals surface area (Å²) in [6, 6.07) is 5.89. The second-order valence-electron chi connectivity index (χ2n) is 5.04. The van der Waals surface area contributed by atoms with E-state index >= 15 is 0 Å². The number of rotatable bonds is 4. The molecular weight excluding hydrogens is 256 g/mol. The third-order valence-corrected chi connectivity index (χ3v) is 5.01. The third-order valence-electron chi connectivity index (χ3n) is 3.68. The van der Waals surface area contributed by atoms with Gasteiger partial charge in [0.15, 0.2) is 0 Å². The molecule has 3 nitrogen and oxygen atoms in total. The zero-order valence-electron chi connectivity index (χ0n) is 11.6. The van der Waals surface area contributed by atoms with Crippen LogP contribution in [-0.4, -0.2) is 23.0 Å². The molecule has 2 unspecified atom stereocenters. The van der Waals surface area contributed by atoms with Gasteiger partial charge in [-0.25, -0.2) is 0 Å². The van der Waals surface area contributed by atoms with E-state index in [1.165, 1.54) is 12.8 Å². The van der Waals surface area contributed by atoms with Gasteiger partial charge in [0.1, 0.15) is 0 Å². The van der Waals surface area contributed by atoms with Gasteiger partial charge in [-0.1, -0.05) is 25.5 Å². The minimum Gasteiger partial charge on any atom is -0.398 e. The van der Waals surface area contributed by atoms with Crippen LogP contribution in [0, 0.1) is 6.92 Å². The van der Waals surface area contributed by atoms with Crippen molar-refractivity contribution in [1.29, 1.82) is 0 Å². The molecular formula is C15H22N2OS. The molecule has 3 N–H and O–H groups in total. The zero-order valence-corrected chi connectivity index (χ0v) is 12.4. The fourth-order valence-electron chi connectivity index (χ4n) is 2.75. The average molecular weight is 278 g/mol. The van der Waals surface area contributed by atoms with Crippen LogP contribution in [0.5, 0.6) is 0 Å². The molecule has 1 aromatic carbocycles. The molecule has 0 saturated heterocycles. The van der Waals surface area contributed by atoms with Gasteiger partial charge in [-0.15, -0.1) is 0 Å². The molecule has 0 heterocycles. The Kier molecular flexibility index (Phi) is 4.75. The molecule has 0 bridgehead atoms. The fourth-order valence-corrected chi connectivity index (χ4v) is 3.94. The van der Waals surface area contributed by atoms with Gasteiger partial charge >= 0.3 is 0 Å². The highest BCUT2D eigenvalue weighted by molar-refractivity contribution is 7.99. The summed E-state index contributed by atoms with van der Waals surface area (Å²) in [7, 11) is 0. The summed E-state index contributed by atoms with van der Waals surface area (Å²) in [6.45, 7) is 4.10. The number of nitrogen functional groups attached to an aromatic ring is 1. The van der Waals surface area contributed by atoms with Crippen LogP contribution in [0.3, 0.4) is 0 Å². The molecule has 1 saturated carbocycles. The van der Waals surface area contributed by atoms with Gasteiger partial charge in [-0.05, 0) is 37.1 Å². The van der Waals surface area contributed by atoms with E-state index in [-0.39, 0.29) is 11.9 Å². The maximum atomic E-state index is 12.4. The van der Waals surface area contributed by atoms with E-state index in [4.69, 9.17) is 5.73 Å². The first-order valence-electron chi connectivity index (χ1n) is 6.91. The van der Waals surface area contributed by atoms with Crippen LogP contribution in [0.2, 0.25) is 0 Å². The molecule has 104 valence electrons. The Balaban J connectivity index is 2.08. The molecule has 0 aromatic heterocycles. The van der Waals surface area contributed by atoms with Crippen molar-refractivity contribution in [3.8, 4) is 0 Å². The molecule has 1 aromatic rings. The highest BCUT2D eigenvalue weighted by Gasteiger charge is 2.29. The number of amides is 1. The second-order valence-corrected chi connectivity index (χ2v) is 6.56. The Morgan fingerprint density at radius 1 is 1.47 bits per heavy atom. The normalized spacial score (nSPS) is 22.4. The predicted octanol–water partition coefficient (Wildman–Crippen LogP) is 2.98. The van der Waals surface area contributed by atoms with Crippen molar-refractivity contribution in [2.24, 2.45) is 0 Å². The van der Waals surface area contributed by atoms with E-state index in [2.05, 4.69) is 12.2 Å². The van der Waals surface area contributed by atoms with E-state index in [0.29, 0.717) is 16.5 Å². The quantitative estimate of drug-likeness (QED) is 0.833. The lowest BCUT2D eigenvalue weighted by Crippen LogP contribution is -2.39. The number of hydrogen-bond donors (Lipinski definition) is 2. The molecule has 1 amide bonds. The van der Waals surface area contributed by atoms with E-state index < -0.39 is 0 Å². The fraction of sp³-hybridized carbons (Fsp3) is 0.533. The summed E-state index contributed by atoms with van der Waals surface area (Å²) in [5.74, 6) is 1.08. The van der Waals surface area contributed by atoms with Gasteiger partial charge in [-0.2, -0.15) is 11.8 Å². The van der Waals surface area contributed by atoms with Crippen LogP contribution >= 0.6 is 11.8 Å². The molecule has 2 rings (SSSR count). The lowest BCUT2D eigenvalue weighted by atomic mass is 10.1. The maximum Gasteiger partial charge on any atom is 0.253 e. The SMILES string of the molecule is CCSC1CCCC1NC(=O)c1c(C)cccc1N. The van der Waals surface area contributed by atoms with Crippen molar-refractivity contribution in [3.63, 3.8) is 0 Å². The molecule has 4 heteroatoms. The molecule has 0 aliphatic heterocycles. The number of aryl methyl sites for hydroxylation is 1. The minimum atomic E-state index is -0.0239. The van der Waals surface area contributed by atoms with Gasteiger partial charge < -0.3 is 11.1 Å². The van der Waals surface area contributed by atoms with Gasteiger partial charge in [0.05, 0.1) is 5.56 Å². The highest BCUT2D eigenvalue weighted by Crippen LogP contribution is 2.30. The smallest absolute Gasteiger partial charge is 0.253 e. The number of anilines is 1. The topological polar surface area (TPSA) is 55.1 Å². The average Bonchev–Trinajstić information content (AvgIpc) is 2.77. The predicted molar refractivity (Wildman–Crippen MR) is 82.6 cm³/mol. The van der Waals surface area contributed by atoms with E-state index in [1.54, 1.807) is 6.07 Å². The molecule has 1 aliphatic rings. The number of carbonyl (C=O) groups excluding carboxylic acids is 1. The Morgan fingerprint density at radius 2 is 2.26 bits per heavy atom. The Bertz CT molecular complexity index is 441. The first-order chi connectivity index (χ1) is 9.13. The second kappa shape index (κ2) is 6.33.